The average Bonchev–Trinajstić information content (AvgIpc) is 3.62. The predicted molar refractivity (Wildman–Crippen MR) is 316 cm³/mol. The molecule has 0 aromatic heterocycles. The molecular formula is C73H50N2O2. The lowest BCUT2D eigenvalue weighted by Crippen LogP contribution is -2.36. The normalized spacial score (nSPS) is 12.5. The Bertz CT molecular complexity index is 3910. The van der Waals surface area contributed by atoms with Gasteiger partial charge in [0.05, 0.1) is 5.41 Å². The number of para-hydroxylation sites is 3. The Hall–Kier alpha value is -10.2. The van der Waals surface area contributed by atoms with Crippen molar-refractivity contribution in [1.82, 2.24) is 0 Å². The molecule has 12 aromatic carbocycles. The van der Waals surface area contributed by atoms with Crippen molar-refractivity contribution in [1.29, 1.82) is 0 Å². The molecule has 2 heterocycles. The molecule has 4 heteroatoms. The van der Waals surface area contributed by atoms with Crippen molar-refractivity contribution >= 4 is 34.1 Å². The van der Waals surface area contributed by atoms with Crippen LogP contribution in [-0.2, 0) is 5.41 Å². The molecule has 1 spiro atoms. The van der Waals surface area contributed by atoms with Gasteiger partial charge in [-0.1, -0.05) is 206 Å². The first-order valence-corrected chi connectivity index (χ1v) is 26.2. The minimum absolute atomic E-state index is 0.733. The summed E-state index contributed by atoms with van der Waals surface area (Å²) in [4.78, 5) is 4.74. The number of anilines is 6. The van der Waals surface area contributed by atoms with E-state index in [4.69, 9.17) is 9.47 Å². The zero-order chi connectivity index (χ0) is 51.1. The van der Waals surface area contributed by atoms with Crippen molar-refractivity contribution in [2.75, 3.05) is 9.80 Å². The lowest BCUT2D eigenvalue weighted by molar-refractivity contribution is 0.399. The van der Waals surface area contributed by atoms with Crippen LogP contribution in [0.1, 0.15) is 22.3 Å². The van der Waals surface area contributed by atoms with Gasteiger partial charge in [0.25, 0.3) is 0 Å². The van der Waals surface area contributed by atoms with Crippen LogP contribution in [0.25, 0.3) is 44.5 Å². The second-order valence-corrected chi connectivity index (χ2v) is 19.6. The van der Waals surface area contributed by atoms with Crippen LogP contribution in [0.4, 0.5) is 34.1 Å². The predicted octanol–water partition coefficient (Wildman–Crippen LogP) is 19.9. The zero-order valence-corrected chi connectivity index (χ0v) is 42.1. The van der Waals surface area contributed by atoms with E-state index in [2.05, 4.69) is 313 Å². The first kappa shape index (κ1) is 45.5. The van der Waals surface area contributed by atoms with Crippen LogP contribution in [0.3, 0.4) is 0 Å². The Morgan fingerprint density at radius 1 is 0.195 bits per heavy atom. The summed E-state index contributed by atoms with van der Waals surface area (Å²) in [6, 6.07) is 108. The summed E-state index contributed by atoms with van der Waals surface area (Å²) in [5, 5.41) is 0. The molecule has 77 heavy (non-hydrogen) atoms. The van der Waals surface area contributed by atoms with Crippen LogP contribution in [0, 0.1) is 0 Å². The zero-order valence-electron chi connectivity index (χ0n) is 42.1. The summed E-state index contributed by atoms with van der Waals surface area (Å²) in [7, 11) is 0. The molecule has 0 unspecified atom stereocenters. The van der Waals surface area contributed by atoms with E-state index in [1.807, 2.05) is 0 Å². The first-order valence-electron chi connectivity index (χ1n) is 26.2. The molecule has 0 N–H and O–H groups in total. The van der Waals surface area contributed by atoms with Gasteiger partial charge < -0.3 is 19.3 Å². The quantitative estimate of drug-likeness (QED) is 0.136. The van der Waals surface area contributed by atoms with Crippen LogP contribution >= 0.6 is 0 Å². The molecule has 2 aliphatic heterocycles. The standard InChI is InChI=1S/C73H50N2O2/c1-4-19-51(20-5-1)54-37-41-59(42-38-54)74(64-45-46-72-68(50-64)73(67-33-12-15-36-71(67)77-72)65-31-10-13-34-69(65)76-70-35-14-11-32-66(70)73)60-43-39-55(40-44-60)58-27-18-30-63(49-58)75(61-28-16-25-56(47-61)52-21-6-2-7-22-52)62-29-17-26-57(48-62)53-23-8-3-9-24-53/h1-50H. The average molecular weight is 987 g/mol. The van der Waals surface area contributed by atoms with Crippen LogP contribution in [-0.4, -0.2) is 0 Å². The van der Waals surface area contributed by atoms with E-state index in [1.165, 1.54) is 16.7 Å². The van der Waals surface area contributed by atoms with Crippen molar-refractivity contribution in [3.8, 4) is 67.5 Å². The number of fused-ring (bicyclic) bond motifs is 8. The van der Waals surface area contributed by atoms with Crippen molar-refractivity contribution < 1.29 is 9.47 Å². The van der Waals surface area contributed by atoms with E-state index < -0.39 is 5.41 Å². The third kappa shape index (κ3) is 8.12. The lowest BCUT2D eigenvalue weighted by Gasteiger charge is -2.45. The molecule has 0 saturated heterocycles. The maximum absolute atomic E-state index is 6.88. The molecule has 0 radical (unpaired) electrons. The van der Waals surface area contributed by atoms with Crippen LogP contribution in [0.15, 0.2) is 303 Å². The highest BCUT2D eigenvalue weighted by atomic mass is 16.5. The molecule has 4 nitrogen and oxygen atoms in total. The first-order chi connectivity index (χ1) is 38.2. The lowest BCUT2D eigenvalue weighted by atomic mass is 9.62. The van der Waals surface area contributed by atoms with Crippen molar-refractivity contribution in [2.24, 2.45) is 0 Å². The fraction of sp³-hybridized carbons (Fsp3) is 0.0137. The van der Waals surface area contributed by atoms with Crippen molar-refractivity contribution in [3.05, 3.63) is 326 Å². The molecule has 0 saturated carbocycles. The highest BCUT2D eigenvalue weighted by Crippen LogP contribution is 2.62. The summed E-state index contributed by atoms with van der Waals surface area (Å²) in [6.07, 6.45) is 0. The summed E-state index contributed by atoms with van der Waals surface area (Å²) < 4.78 is 13.6. The second-order valence-electron chi connectivity index (χ2n) is 19.6. The summed E-state index contributed by atoms with van der Waals surface area (Å²) in [5.41, 5.74) is 19.0. The highest BCUT2D eigenvalue weighted by Gasteiger charge is 2.50. The Morgan fingerprint density at radius 3 is 0.896 bits per heavy atom. The molecule has 0 amide bonds. The number of hydrogen-bond donors (Lipinski definition) is 0. The Morgan fingerprint density at radius 2 is 0.481 bits per heavy atom. The van der Waals surface area contributed by atoms with Crippen molar-refractivity contribution in [3.63, 3.8) is 0 Å². The van der Waals surface area contributed by atoms with E-state index >= 15 is 0 Å². The molecule has 0 atom stereocenters. The maximum Gasteiger partial charge on any atom is 0.132 e. The minimum atomic E-state index is -0.733. The smallest absolute Gasteiger partial charge is 0.132 e. The van der Waals surface area contributed by atoms with Gasteiger partial charge in [0.15, 0.2) is 0 Å². The molecule has 364 valence electrons. The fourth-order valence-electron chi connectivity index (χ4n) is 11.6. The van der Waals surface area contributed by atoms with Crippen LogP contribution < -0.4 is 19.3 Å². The van der Waals surface area contributed by atoms with Gasteiger partial charge in [0.2, 0.25) is 0 Å². The van der Waals surface area contributed by atoms with E-state index in [0.717, 1.165) is 107 Å². The topological polar surface area (TPSA) is 24.9 Å². The van der Waals surface area contributed by atoms with Crippen LogP contribution in [0.5, 0.6) is 23.0 Å². The number of hydrogen-bond acceptors (Lipinski definition) is 4. The van der Waals surface area contributed by atoms with Crippen molar-refractivity contribution in [2.45, 2.75) is 5.41 Å². The molecular weight excluding hydrogens is 937 g/mol. The number of nitrogens with zero attached hydrogens (tertiary/aromatic N) is 2. The SMILES string of the molecule is c1ccc(-c2ccc(N(c3ccc(-c4cccc(N(c5cccc(-c6ccccc6)c5)c5cccc(-c6ccccc6)c5)c4)cc3)c3ccc4c(c3)C3(c5ccccc5Oc5ccccc53)c3ccccc3O4)cc2)cc1. The molecule has 12 aromatic rings. The molecule has 0 aliphatic carbocycles. The number of ether oxygens (including phenoxy) is 2. The summed E-state index contributed by atoms with van der Waals surface area (Å²) in [5.74, 6) is 3.30. The van der Waals surface area contributed by atoms with Gasteiger partial charge in [-0.15, -0.1) is 0 Å². The number of benzene rings is 12. The second kappa shape index (κ2) is 19.3. The molecule has 0 bridgehead atoms. The van der Waals surface area contributed by atoms with E-state index in [0.29, 0.717) is 0 Å². The number of rotatable bonds is 10. The third-order valence-corrected chi connectivity index (χ3v) is 15.2. The highest BCUT2D eigenvalue weighted by molar-refractivity contribution is 5.87. The van der Waals surface area contributed by atoms with Gasteiger partial charge in [0, 0.05) is 56.4 Å². The maximum atomic E-state index is 6.88. The van der Waals surface area contributed by atoms with Gasteiger partial charge in [-0.3, -0.25) is 0 Å². The van der Waals surface area contributed by atoms with E-state index in [-0.39, 0.29) is 0 Å². The Labute approximate surface area is 449 Å². The van der Waals surface area contributed by atoms with Gasteiger partial charge in [-0.25, -0.2) is 0 Å². The molecule has 14 rings (SSSR count). The van der Waals surface area contributed by atoms with Gasteiger partial charge in [0.1, 0.15) is 23.0 Å². The molecule has 2 aliphatic rings. The third-order valence-electron chi connectivity index (χ3n) is 15.2. The minimum Gasteiger partial charge on any atom is -0.457 e. The molecule has 0 fully saturated rings. The van der Waals surface area contributed by atoms with Gasteiger partial charge in [-0.05, 0) is 142 Å². The largest absolute Gasteiger partial charge is 0.457 e. The monoisotopic (exact) mass is 986 g/mol. The van der Waals surface area contributed by atoms with Gasteiger partial charge >= 0.3 is 0 Å². The van der Waals surface area contributed by atoms with Crippen LogP contribution in [0.2, 0.25) is 0 Å². The Kier molecular flexibility index (Phi) is 11.4. The summed E-state index contributed by atoms with van der Waals surface area (Å²) in [6.45, 7) is 0. The fourth-order valence-corrected chi connectivity index (χ4v) is 11.6. The van der Waals surface area contributed by atoms with Gasteiger partial charge in [-0.2, -0.15) is 0 Å². The summed E-state index contributed by atoms with van der Waals surface area (Å²) >= 11 is 0. The van der Waals surface area contributed by atoms with E-state index in [1.54, 1.807) is 0 Å². The van der Waals surface area contributed by atoms with E-state index in [9.17, 15) is 0 Å². The Balaban J connectivity index is 0.893.